The smallest absolute Gasteiger partial charge is 0.128 e. The Labute approximate surface area is 87.6 Å². The van der Waals surface area contributed by atoms with Gasteiger partial charge in [-0.2, -0.15) is 0 Å². The van der Waals surface area contributed by atoms with E-state index in [1.54, 1.807) is 0 Å². The third kappa shape index (κ3) is 2.54. The number of rotatable bonds is 1. The topological polar surface area (TPSA) is 113 Å². The van der Waals surface area contributed by atoms with Crippen LogP contribution in [-0.2, 0) is 0 Å². The fourth-order valence-electron chi connectivity index (χ4n) is 1.34. The lowest BCUT2D eigenvalue weighted by atomic mass is 9.93. The molecule has 0 saturated carbocycles. The molecule has 1 saturated heterocycles. The van der Waals surface area contributed by atoms with Gasteiger partial charge < -0.3 is 30.8 Å². The van der Waals surface area contributed by atoms with Crippen LogP contribution < -0.4 is 5.32 Å². The second-order valence-electron chi connectivity index (χ2n) is 3.40. The first-order chi connectivity index (χ1) is 6.01. The Morgan fingerprint density at radius 3 is 2.36 bits per heavy atom. The maximum Gasteiger partial charge on any atom is 0.128 e. The van der Waals surface area contributed by atoms with Crippen LogP contribution >= 0.6 is 12.4 Å². The van der Waals surface area contributed by atoms with Gasteiger partial charge >= 0.3 is 0 Å². The highest BCUT2D eigenvalue weighted by Crippen LogP contribution is 2.17. The number of hydrogen-bond acceptors (Lipinski definition) is 6. The molecule has 1 rings (SSSR count). The molecule has 1 aliphatic heterocycles. The molecule has 1 heterocycles. The molecule has 0 aromatic rings. The molecule has 0 aliphatic carbocycles. The highest BCUT2D eigenvalue weighted by atomic mass is 35.5. The Hall–Kier alpha value is 0.0500. The summed E-state index contributed by atoms with van der Waals surface area (Å²) in [5, 5.41) is 48.9. The zero-order valence-electron chi connectivity index (χ0n) is 7.50. The molecule has 4 atom stereocenters. The van der Waals surface area contributed by atoms with E-state index in [0.717, 1.165) is 0 Å². The van der Waals surface area contributed by atoms with Crippen molar-refractivity contribution in [3.63, 3.8) is 0 Å². The van der Waals surface area contributed by atoms with E-state index in [2.05, 4.69) is 5.32 Å². The van der Waals surface area contributed by atoms with E-state index in [9.17, 15) is 20.4 Å². The second-order valence-corrected chi connectivity index (χ2v) is 3.40. The van der Waals surface area contributed by atoms with Crippen LogP contribution in [0.15, 0.2) is 0 Å². The van der Waals surface area contributed by atoms with E-state index in [4.69, 9.17) is 5.11 Å². The summed E-state index contributed by atoms with van der Waals surface area (Å²) < 4.78 is 0. The summed E-state index contributed by atoms with van der Waals surface area (Å²) in [6, 6.07) is 0. The summed E-state index contributed by atoms with van der Waals surface area (Å²) in [5.74, 6) is 0. The van der Waals surface area contributed by atoms with Gasteiger partial charge in [0, 0.05) is 13.1 Å². The molecule has 6 nitrogen and oxygen atoms in total. The largest absolute Gasteiger partial charge is 0.393 e. The highest BCUT2D eigenvalue weighted by molar-refractivity contribution is 5.85. The molecule has 14 heavy (non-hydrogen) atoms. The normalized spacial score (nSPS) is 43.9. The maximum absolute atomic E-state index is 9.58. The summed E-state index contributed by atoms with van der Waals surface area (Å²) in [6.45, 7) is -0.676. The van der Waals surface area contributed by atoms with Crippen molar-refractivity contribution in [2.75, 3.05) is 19.7 Å². The summed E-state index contributed by atoms with van der Waals surface area (Å²) in [4.78, 5) is 0. The minimum Gasteiger partial charge on any atom is -0.393 e. The van der Waals surface area contributed by atoms with E-state index < -0.39 is 30.5 Å². The van der Waals surface area contributed by atoms with Crippen LogP contribution in [0.5, 0.6) is 0 Å². The Kier molecular flexibility index (Phi) is 5.24. The number of halogens is 1. The van der Waals surface area contributed by atoms with Crippen molar-refractivity contribution in [3.05, 3.63) is 0 Å². The predicted molar refractivity (Wildman–Crippen MR) is 50.2 cm³/mol. The summed E-state index contributed by atoms with van der Waals surface area (Å²) in [6.07, 6.45) is -4.15. The number of hydrogen-bond donors (Lipinski definition) is 6. The van der Waals surface area contributed by atoms with E-state index >= 15 is 0 Å². The number of aliphatic hydroxyl groups is 5. The fraction of sp³-hybridized carbons (Fsp3) is 1.00. The Bertz CT molecular complexity index is 183. The average molecular weight is 230 g/mol. The number of aliphatic hydroxyl groups excluding tert-OH is 4. The van der Waals surface area contributed by atoms with Crippen molar-refractivity contribution in [2.24, 2.45) is 0 Å². The minimum atomic E-state index is -1.79. The zero-order chi connectivity index (χ0) is 10.1. The lowest BCUT2D eigenvalue weighted by molar-refractivity contribution is -0.153. The van der Waals surface area contributed by atoms with E-state index in [1.807, 2.05) is 0 Å². The van der Waals surface area contributed by atoms with E-state index in [-0.39, 0.29) is 25.5 Å². The van der Waals surface area contributed by atoms with Gasteiger partial charge in [-0.15, -0.1) is 12.4 Å². The Morgan fingerprint density at radius 1 is 1.29 bits per heavy atom. The molecule has 6 N–H and O–H groups in total. The van der Waals surface area contributed by atoms with E-state index in [1.165, 1.54) is 0 Å². The lowest BCUT2D eigenvalue weighted by Gasteiger charge is -2.31. The van der Waals surface area contributed by atoms with Gasteiger partial charge in [-0.25, -0.2) is 0 Å². The molecule has 0 aromatic heterocycles. The van der Waals surface area contributed by atoms with Gasteiger partial charge in [0.2, 0.25) is 0 Å². The van der Waals surface area contributed by atoms with Crippen molar-refractivity contribution in [1.82, 2.24) is 5.32 Å². The zero-order valence-corrected chi connectivity index (χ0v) is 8.31. The third-order valence-electron chi connectivity index (χ3n) is 2.33. The predicted octanol–water partition coefficient (Wildman–Crippen LogP) is -3.18. The molecule has 0 spiro atoms. The van der Waals surface area contributed by atoms with Gasteiger partial charge in [-0.3, -0.25) is 0 Å². The molecule has 0 radical (unpaired) electrons. The Balaban J connectivity index is 0.00000169. The highest BCUT2D eigenvalue weighted by Gasteiger charge is 2.44. The monoisotopic (exact) mass is 229 g/mol. The number of β-amino-alcohol motifs (C(OH)–C–C–N with tert-alkyl or cyclic N) is 2. The van der Waals surface area contributed by atoms with Crippen molar-refractivity contribution in [3.8, 4) is 0 Å². The SMILES string of the molecule is Cl.OC[C@]1(O)CNC[C@H](O)[C@@H](O)[C@@H]1O. The summed E-state index contributed by atoms with van der Waals surface area (Å²) >= 11 is 0. The van der Waals surface area contributed by atoms with Gasteiger partial charge in [0.1, 0.15) is 17.8 Å². The average Bonchev–Trinajstić information content (AvgIpc) is 2.21. The summed E-state index contributed by atoms with van der Waals surface area (Å²) in [5.41, 5.74) is -1.79. The quantitative estimate of drug-likeness (QED) is 0.283. The standard InChI is InChI=1S/C7H15NO5.ClH/c9-3-7(13)2-8-1-4(10)5(11)6(7)12;/h4-6,8-13H,1-3H2;1H/t4-,5+,6-,7+;/m0./s1. The van der Waals surface area contributed by atoms with Crippen LogP contribution in [0, 0.1) is 0 Å². The molecule has 0 aromatic carbocycles. The van der Waals surface area contributed by atoms with Crippen LogP contribution in [0.1, 0.15) is 0 Å². The van der Waals surface area contributed by atoms with Gasteiger partial charge in [-0.1, -0.05) is 0 Å². The van der Waals surface area contributed by atoms with Crippen molar-refractivity contribution in [2.45, 2.75) is 23.9 Å². The van der Waals surface area contributed by atoms with Gasteiger partial charge in [0.05, 0.1) is 12.7 Å². The first kappa shape index (κ1) is 14.1. The van der Waals surface area contributed by atoms with Crippen LogP contribution in [0.3, 0.4) is 0 Å². The summed E-state index contributed by atoms with van der Waals surface area (Å²) in [7, 11) is 0. The first-order valence-corrected chi connectivity index (χ1v) is 4.09. The van der Waals surface area contributed by atoms with Crippen molar-refractivity contribution < 1.29 is 25.5 Å². The van der Waals surface area contributed by atoms with Crippen LogP contribution in [0.4, 0.5) is 0 Å². The molecule has 0 unspecified atom stereocenters. The molecule has 86 valence electrons. The van der Waals surface area contributed by atoms with Crippen LogP contribution in [-0.4, -0.2) is 69.1 Å². The van der Waals surface area contributed by atoms with Gasteiger partial charge in [0.15, 0.2) is 0 Å². The maximum atomic E-state index is 9.58. The Morgan fingerprint density at radius 2 is 1.86 bits per heavy atom. The molecular formula is C7H16ClNO5. The second kappa shape index (κ2) is 5.22. The first-order valence-electron chi connectivity index (χ1n) is 4.09. The number of nitrogens with one attached hydrogen (secondary N) is 1. The molecule has 1 fully saturated rings. The van der Waals surface area contributed by atoms with Crippen molar-refractivity contribution in [1.29, 1.82) is 0 Å². The van der Waals surface area contributed by atoms with Crippen molar-refractivity contribution >= 4 is 12.4 Å². The van der Waals surface area contributed by atoms with E-state index in [0.29, 0.717) is 0 Å². The van der Waals surface area contributed by atoms with Gasteiger partial charge in [0.25, 0.3) is 0 Å². The third-order valence-corrected chi connectivity index (χ3v) is 2.33. The molecule has 7 heteroatoms. The van der Waals surface area contributed by atoms with Gasteiger partial charge in [-0.05, 0) is 0 Å². The lowest BCUT2D eigenvalue weighted by Crippen LogP contribution is -2.56. The van der Waals surface area contributed by atoms with Crippen LogP contribution in [0.25, 0.3) is 0 Å². The molecule has 0 amide bonds. The minimum absolute atomic E-state index is 0. The molecule has 1 aliphatic rings. The molecule has 0 bridgehead atoms. The van der Waals surface area contributed by atoms with Crippen LogP contribution in [0.2, 0.25) is 0 Å². The fourth-order valence-corrected chi connectivity index (χ4v) is 1.34. The molecular weight excluding hydrogens is 214 g/mol.